The molecule has 8 nitrogen and oxygen atoms in total. The Morgan fingerprint density at radius 3 is 2.89 bits per heavy atom. The highest BCUT2D eigenvalue weighted by atomic mass is 32.2. The number of nitrogens with zero attached hydrogens (tertiary/aromatic N) is 2. The molecule has 1 fully saturated rings. The van der Waals surface area contributed by atoms with Gasteiger partial charge in [-0.05, 0) is 19.4 Å². The van der Waals surface area contributed by atoms with Gasteiger partial charge in [0.25, 0.3) is 5.92 Å². The van der Waals surface area contributed by atoms with Gasteiger partial charge in [-0.1, -0.05) is 0 Å². The quantitative estimate of drug-likeness (QED) is 0.445. The van der Waals surface area contributed by atoms with Crippen molar-refractivity contribution >= 4 is 17.7 Å². The fourth-order valence-corrected chi connectivity index (χ4v) is 5.13. The summed E-state index contributed by atoms with van der Waals surface area (Å²) in [6.45, 7) is 4.82. The van der Waals surface area contributed by atoms with Crippen LogP contribution in [0, 0.1) is 0 Å². The molecular formula is C17H24F2N6O2S. The Balaban J connectivity index is 1.69. The number of hydrogen-bond acceptors (Lipinski definition) is 9. The number of ether oxygens (including phenoxy) is 1. The van der Waals surface area contributed by atoms with Crippen molar-refractivity contribution < 1.29 is 18.6 Å². The molecule has 1 saturated heterocycles. The molecule has 6 N–H and O–H groups in total. The number of nitrogens with two attached hydrogens (primary N) is 1. The topological polar surface area (TPSA) is 107 Å². The number of dihydropyridines is 1. The van der Waals surface area contributed by atoms with Gasteiger partial charge in [0.1, 0.15) is 29.1 Å². The lowest BCUT2D eigenvalue weighted by Gasteiger charge is -2.31. The molecule has 0 amide bonds. The molecule has 0 aliphatic carbocycles. The van der Waals surface area contributed by atoms with Crippen molar-refractivity contribution in [2.75, 3.05) is 26.0 Å². The van der Waals surface area contributed by atoms with Crippen LogP contribution < -0.4 is 21.8 Å². The second-order valence-electron chi connectivity index (χ2n) is 7.24. The number of guanidine groups is 1. The van der Waals surface area contributed by atoms with Gasteiger partial charge in [-0.15, -0.1) is 11.8 Å². The molecule has 4 aliphatic heterocycles. The molecular weight excluding hydrogens is 390 g/mol. The fourth-order valence-electron chi connectivity index (χ4n) is 3.93. The minimum Gasteiger partial charge on any atom is -0.496 e. The molecule has 0 radical (unpaired) electrons. The van der Waals surface area contributed by atoms with Crippen LogP contribution in [0.15, 0.2) is 39.0 Å². The van der Waals surface area contributed by atoms with Gasteiger partial charge >= 0.3 is 0 Å². The summed E-state index contributed by atoms with van der Waals surface area (Å²) in [5.41, 5.74) is 12.0. The minimum atomic E-state index is -3.34. The van der Waals surface area contributed by atoms with E-state index < -0.39 is 23.4 Å². The number of aliphatic hydroxyl groups excluding tert-OH is 1. The van der Waals surface area contributed by atoms with Crippen LogP contribution in [0.5, 0.6) is 0 Å². The Morgan fingerprint density at radius 1 is 1.43 bits per heavy atom. The van der Waals surface area contributed by atoms with Crippen LogP contribution in [0.1, 0.15) is 13.8 Å². The second-order valence-corrected chi connectivity index (χ2v) is 8.35. The van der Waals surface area contributed by atoms with Gasteiger partial charge in [-0.3, -0.25) is 5.01 Å². The molecule has 0 spiro atoms. The lowest BCUT2D eigenvalue weighted by atomic mass is 9.98. The zero-order chi connectivity index (χ0) is 20.2. The molecule has 4 rings (SSSR count). The summed E-state index contributed by atoms with van der Waals surface area (Å²) in [7, 11) is 1.62. The second kappa shape index (κ2) is 6.82. The first-order valence-corrected chi connectivity index (χ1v) is 10.0. The van der Waals surface area contributed by atoms with Crippen molar-refractivity contribution in [1.29, 1.82) is 0 Å². The number of alkyl halides is 2. The normalized spacial score (nSPS) is 31.9. The Hall–Kier alpha value is -1.98. The van der Waals surface area contributed by atoms with Crippen molar-refractivity contribution in [3.8, 4) is 0 Å². The Bertz CT molecular complexity index is 824. The van der Waals surface area contributed by atoms with E-state index in [0.717, 1.165) is 22.6 Å². The molecule has 154 valence electrons. The molecule has 0 bridgehead atoms. The van der Waals surface area contributed by atoms with E-state index in [-0.39, 0.29) is 11.7 Å². The molecule has 0 aromatic rings. The fraction of sp³-hybridized carbons (Fsp3) is 0.588. The molecule has 4 heterocycles. The van der Waals surface area contributed by atoms with Crippen LogP contribution >= 0.6 is 11.8 Å². The number of aliphatic hydroxyl groups is 1. The van der Waals surface area contributed by atoms with E-state index in [9.17, 15) is 13.9 Å². The highest BCUT2D eigenvalue weighted by Gasteiger charge is 2.57. The van der Waals surface area contributed by atoms with E-state index in [4.69, 9.17) is 10.5 Å². The standard InChI is InChI=1S/C17H24F2N6O2S/c1-7-4-21-9(8(2)12(7)27-3)5-25-14-11-13(24-25)17(18,19)10(26)6-28-15(11)23-16(20)22-14/h10,13,15,21,24,26H,4-6H2,1-3H3,(H3,20,22,23). The van der Waals surface area contributed by atoms with Crippen LogP contribution in [0.2, 0.25) is 0 Å². The van der Waals surface area contributed by atoms with Gasteiger partial charge in [0.15, 0.2) is 5.96 Å². The number of aliphatic imine (C=N–C) groups is 1. The zero-order valence-corrected chi connectivity index (χ0v) is 16.7. The molecule has 3 atom stereocenters. The number of methoxy groups -OCH3 is 1. The van der Waals surface area contributed by atoms with Crippen LogP contribution in [0.25, 0.3) is 0 Å². The number of allylic oxidation sites excluding steroid dienone is 1. The van der Waals surface area contributed by atoms with Crippen LogP contribution in [0.4, 0.5) is 8.78 Å². The maximum Gasteiger partial charge on any atom is 0.294 e. The van der Waals surface area contributed by atoms with E-state index in [2.05, 4.69) is 21.1 Å². The first-order valence-electron chi connectivity index (χ1n) is 8.97. The Morgan fingerprint density at radius 2 is 2.18 bits per heavy atom. The zero-order valence-electron chi connectivity index (χ0n) is 15.8. The third-order valence-corrected chi connectivity index (χ3v) is 6.60. The summed E-state index contributed by atoms with van der Waals surface area (Å²) >= 11 is 1.17. The van der Waals surface area contributed by atoms with Crippen molar-refractivity contribution in [3.63, 3.8) is 0 Å². The van der Waals surface area contributed by atoms with E-state index in [1.807, 2.05) is 13.8 Å². The maximum atomic E-state index is 14.9. The van der Waals surface area contributed by atoms with E-state index in [0.29, 0.717) is 24.5 Å². The number of nitrogens with one attached hydrogen (secondary N) is 3. The summed E-state index contributed by atoms with van der Waals surface area (Å²) in [6.07, 6.45) is -1.77. The van der Waals surface area contributed by atoms with Crippen LogP contribution in [0.3, 0.4) is 0 Å². The van der Waals surface area contributed by atoms with E-state index in [1.54, 1.807) is 12.1 Å². The van der Waals surface area contributed by atoms with Crippen LogP contribution in [-0.2, 0) is 4.74 Å². The van der Waals surface area contributed by atoms with Crippen molar-refractivity contribution in [1.82, 2.24) is 21.1 Å². The summed E-state index contributed by atoms with van der Waals surface area (Å²) in [4.78, 5) is 4.26. The lowest BCUT2D eigenvalue weighted by molar-refractivity contribution is -0.118. The smallest absolute Gasteiger partial charge is 0.294 e. The number of rotatable bonds is 3. The molecule has 0 aromatic carbocycles. The largest absolute Gasteiger partial charge is 0.496 e. The van der Waals surface area contributed by atoms with Crippen molar-refractivity contribution in [2.24, 2.45) is 10.7 Å². The van der Waals surface area contributed by atoms with Gasteiger partial charge < -0.3 is 26.2 Å². The first kappa shape index (κ1) is 19.3. The van der Waals surface area contributed by atoms with Gasteiger partial charge in [-0.2, -0.15) is 0 Å². The number of hydrogen-bond donors (Lipinski definition) is 5. The molecule has 11 heteroatoms. The SMILES string of the molecule is COC1=C(C)CNC(CN2NC3C4=C2NC(N)=NC4SCC(O)C3(F)F)=C1C. The van der Waals surface area contributed by atoms with E-state index >= 15 is 0 Å². The highest BCUT2D eigenvalue weighted by molar-refractivity contribution is 8.00. The van der Waals surface area contributed by atoms with Crippen molar-refractivity contribution in [2.45, 2.75) is 37.3 Å². The maximum absolute atomic E-state index is 14.9. The third-order valence-electron chi connectivity index (χ3n) is 5.42. The average Bonchev–Trinajstić information content (AvgIpc) is 2.97. The summed E-state index contributed by atoms with van der Waals surface area (Å²) in [5.74, 6) is -2.02. The van der Waals surface area contributed by atoms with Gasteiger partial charge in [-0.25, -0.2) is 19.2 Å². The summed E-state index contributed by atoms with van der Waals surface area (Å²) in [5, 5.41) is 17.3. The highest BCUT2D eigenvalue weighted by Crippen LogP contribution is 2.44. The minimum absolute atomic E-state index is 0.115. The molecule has 28 heavy (non-hydrogen) atoms. The molecule has 4 aliphatic rings. The lowest BCUT2D eigenvalue weighted by Crippen LogP contribution is -2.54. The van der Waals surface area contributed by atoms with E-state index in [1.165, 1.54) is 11.8 Å². The summed E-state index contributed by atoms with van der Waals surface area (Å²) < 4.78 is 35.2. The van der Waals surface area contributed by atoms with Gasteiger partial charge in [0.05, 0.1) is 13.7 Å². The monoisotopic (exact) mass is 414 g/mol. The van der Waals surface area contributed by atoms with Crippen molar-refractivity contribution in [3.05, 3.63) is 34.0 Å². The predicted octanol–water partition coefficient (Wildman–Crippen LogP) is 0.171. The molecule has 3 unspecified atom stereocenters. The third kappa shape index (κ3) is 2.92. The van der Waals surface area contributed by atoms with Crippen LogP contribution in [-0.4, -0.2) is 65.5 Å². The average molecular weight is 414 g/mol. The first-order chi connectivity index (χ1) is 13.2. The number of hydrazine groups is 1. The number of halogens is 2. The summed E-state index contributed by atoms with van der Waals surface area (Å²) in [6, 6.07) is -1.36. The Labute approximate surface area is 165 Å². The van der Waals surface area contributed by atoms with Gasteiger partial charge in [0.2, 0.25) is 0 Å². The van der Waals surface area contributed by atoms with Gasteiger partial charge in [0, 0.05) is 29.1 Å². The number of thioether (sulfide) groups is 1. The molecule has 0 aromatic heterocycles. The Kier molecular flexibility index (Phi) is 4.71. The predicted molar refractivity (Wildman–Crippen MR) is 103 cm³/mol. The molecule has 0 saturated carbocycles.